The van der Waals surface area contributed by atoms with E-state index in [1.165, 1.54) is 0 Å². The number of hydrogen-bond donors (Lipinski definition) is 1. The van der Waals surface area contributed by atoms with Gasteiger partial charge in [-0.3, -0.25) is 9.59 Å². The van der Waals surface area contributed by atoms with Gasteiger partial charge >= 0.3 is 0 Å². The van der Waals surface area contributed by atoms with E-state index in [-0.39, 0.29) is 24.3 Å². The van der Waals surface area contributed by atoms with Crippen molar-refractivity contribution in [3.8, 4) is 0 Å². The van der Waals surface area contributed by atoms with Crippen molar-refractivity contribution in [1.82, 2.24) is 10.2 Å². The van der Waals surface area contributed by atoms with Gasteiger partial charge in [0, 0.05) is 23.5 Å². The first-order valence-corrected chi connectivity index (χ1v) is 13.2. The molecule has 0 heterocycles. The molecule has 1 atom stereocenters. The van der Waals surface area contributed by atoms with Crippen molar-refractivity contribution in [2.75, 3.05) is 0 Å². The average molecular weight is 534 g/mol. The van der Waals surface area contributed by atoms with E-state index < -0.39 is 6.04 Å². The summed E-state index contributed by atoms with van der Waals surface area (Å²) < 4.78 is 0.985. The third-order valence-corrected chi connectivity index (χ3v) is 7.21. The lowest BCUT2D eigenvalue weighted by atomic mass is 10.0. The number of hydrogen-bond acceptors (Lipinski definition) is 2. The summed E-state index contributed by atoms with van der Waals surface area (Å²) >= 11 is 3.49. The zero-order valence-electron chi connectivity index (χ0n) is 20.3. The van der Waals surface area contributed by atoms with E-state index in [0.29, 0.717) is 13.0 Å². The van der Waals surface area contributed by atoms with E-state index >= 15 is 0 Å². The lowest BCUT2D eigenvalue weighted by Crippen LogP contribution is -2.52. The minimum atomic E-state index is -0.584. The van der Waals surface area contributed by atoms with Gasteiger partial charge in [0.15, 0.2) is 0 Å². The van der Waals surface area contributed by atoms with Crippen molar-refractivity contribution in [3.63, 3.8) is 0 Å². The highest BCUT2D eigenvalue weighted by atomic mass is 79.9. The molecule has 1 saturated carbocycles. The molecule has 2 amide bonds. The second-order valence-electron chi connectivity index (χ2n) is 9.51. The molecule has 1 N–H and O–H groups in total. The topological polar surface area (TPSA) is 49.4 Å². The molecule has 0 aliphatic heterocycles. The van der Waals surface area contributed by atoms with E-state index in [2.05, 4.69) is 21.2 Å². The van der Waals surface area contributed by atoms with Crippen LogP contribution in [-0.2, 0) is 29.0 Å². The summed E-state index contributed by atoms with van der Waals surface area (Å²) in [6, 6.07) is 25.6. The molecule has 0 aromatic heterocycles. The van der Waals surface area contributed by atoms with Gasteiger partial charge < -0.3 is 10.2 Å². The Kier molecular flexibility index (Phi) is 8.75. The smallest absolute Gasteiger partial charge is 0.243 e. The van der Waals surface area contributed by atoms with Crippen LogP contribution >= 0.6 is 15.9 Å². The summed E-state index contributed by atoms with van der Waals surface area (Å²) in [5, 5.41) is 3.26. The third-order valence-electron chi connectivity index (χ3n) is 6.68. The van der Waals surface area contributed by atoms with Crippen molar-refractivity contribution in [2.24, 2.45) is 0 Å². The Balaban J connectivity index is 1.65. The van der Waals surface area contributed by atoms with Crippen LogP contribution in [0.4, 0.5) is 0 Å². The molecule has 3 aromatic carbocycles. The first kappa shape index (κ1) is 25.2. The molecule has 4 nitrogen and oxygen atoms in total. The highest BCUT2D eigenvalue weighted by molar-refractivity contribution is 9.10. The molecule has 3 aromatic rings. The van der Waals surface area contributed by atoms with Crippen molar-refractivity contribution < 1.29 is 9.59 Å². The van der Waals surface area contributed by atoms with Crippen LogP contribution < -0.4 is 5.32 Å². The first-order chi connectivity index (χ1) is 17.0. The highest BCUT2D eigenvalue weighted by Crippen LogP contribution is 2.21. The number of carbonyl (C=O) groups is 2. The molecule has 0 saturated heterocycles. The fraction of sp³-hybridized carbons (Fsp3) is 0.333. The van der Waals surface area contributed by atoms with Gasteiger partial charge in [0.2, 0.25) is 11.8 Å². The molecule has 0 radical (unpaired) electrons. The Morgan fingerprint density at radius 3 is 2.29 bits per heavy atom. The second-order valence-corrected chi connectivity index (χ2v) is 10.4. The van der Waals surface area contributed by atoms with Crippen molar-refractivity contribution in [3.05, 3.63) is 106 Å². The maximum absolute atomic E-state index is 13.8. The van der Waals surface area contributed by atoms with Gasteiger partial charge in [-0.2, -0.15) is 0 Å². The minimum absolute atomic E-state index is 0.0407. The molecule has 0 unspecified atom stereocenters. The van der Waals surface area contributed by atoms with E-state index in [0.717, 1.165) is 52.4 Å². The fourth-order valence-corrected chi connectivity index (χ4v) is 5.07. The Bertz CT molecular complexity index is 1120. The summed E-state index contributed by atoms with van der Waals surface area (Å²) in [6.45, 7) is 2.41. The molecule has 182 valence electrons. The van der Waals surface area contributed by atoms with Crippen LogP contribution in [0, 0.1) is 6.92 Å². The van der Waals surface area contributed by atoms with Gasteiger partial charge in [0.25, 0.3) is 0 Å². The van der Waals surface area contributed by atoms with Gasteiger partial charge in [0.1, 0.15) is 6.04 Å². The molecule has 1 fully saturated rings. The second kappa shape index (κ2) is 12.2. The van der Waals surface area contributed by atoms with Crippen LogP contribution in [0.1, 0.15) is 47.9 Å². The van der Waals surface area contributed by atoms with Crippen LogP contribution in [0.15, 0.2) is 83.3 Å². The third kappa shape index (κ3) is 7.28. The molecule has 1 aliphatic rings. The van der Waals surface area contributed by atoms with E-state index in [1.54, 1.807) is 4.90 Å². The molecule has 4 rings (SSSR count). The number of halogens is 1. The zero-order chi connectivity index (χ0) is 24.6. The van der Waals surface area contributed by atoms with E-state index in [1.807, 2.05) is 85.8 Å². The number of rotatable bonds is 9. The largest absolute Gasteiger partial charge is 0.352 e. The Morgan fingerprint density at radius 2 is 1.60 bits per heavy atom. The van der Waals surface area contributed by atoms with Crippen LogP contribution in [0.2, 0.25) is 0 Å². The van der Waals surface area contributed by atoms with Crippen molar-refractivity contribution in [2.45, 2.75) is 64.1 Å². The highest BCUT2D eigenvalue weighted by Gasteiger charge is 2.32. The standard InChI is InChI=1S/C30H33BrN2O2/c1-22-8-7-11-25(18-22)20-29(34)33(21-24-14-16-26(31)17-15-24)28(19-23-9-3-2-4-10-23)30(35)32-27-12-5-6-13-27/h2-4,7-11,14-18,27-28H,5-6,12-13,19-21H2,1H3,(H,32,35)/t28-/m1/s1. The Morgan fingerprint density at radius 1 is 0.914 bits per heavy atom. The Labute approximate surface area is 216 Å². The van der Waals surface area contributed by atoms with Gasteiger partial charge in [-0.05, 0) is 48.6 Å². The van der Waals surface area contributed by atoms with Gasteiger partial charge in [0.05, 0.1) is 6.42 Å². The van der Waals surface area contributed by atoms with E-state index in [4.69, 9.17) is 0 Å². The molecule has 1 aliphatic carbocycles. The van der Waals surface area contributed by atoms with Crippen LogP contribution in [-0.4, -0.2) is 28.8 Å². The predicted octanol–water partition coefficient (Wildman–Crippen LogP) is 6.00. The molecular formula is C30H33BrN2O2. The maximum atomic E-state index is 13.8. The average Bonchev–Trinajstić information content (AvgIpc) is 3.36. The van der Waals surface area contributed by atoms with Crippen LogP contribution in [0.5, 0.6) is 0 Å². The monoisotopic (exact) mass is 532 g/mol. The quantitative estimate of drug-likeness (QED) is 0.367. The van der Waals surface area contributed by atoms with Gasteiger partial charge in [-0.1, -0.05) is 101 Å². The molecule has 0 bridgehead atoms. The summed E-state index contributed by atoms with van der Waals surface area (Å²) in [4.78, 5) is 29.3. The van der Waals surface area contributed by atoms with Gasteiger partial charge in [-0.15, -0.1) is 0 Å². The Hall–Kier alpha value is -2.92. The van der Waals surface area contributed by atoms with E-state index in [9.17, 15) is 9.59 Å². The summed E-state index contributed by atoms with van der Waals surface area (Å²) in [7, 11) is 0. The zero-order valence-corrected chi connectivity index (χ0v) is 21.8. The number of carbonyl (C=O) groups excluding carboxylic acids is 2. The first-order valence-electron chi connectivity index (χ1n) is 12.4. The summed E-state index contributed by atoms with van der Waals surface area (Å²) in [5.74, 6) is -0.100. The molecular weight excluding hydrogens is 500 g/mol. The summed E-state index contributed by atoms with van der Waals surface area (Å²) in [5.41, 5.74) is 4.13. The SMILES string of the molecule is Cc1cccc(CC(=O)N(Cc2ccc(Br)cc2)[C@H](Cc2ccccc2)C(=O)NC2CCCC2)c1. The lowest BCUT2D eigenvalue weighted by molar-refractivity contribution is -0.141. The van der Waals surface area contributed by atoms with Crippen LogP contribution in [0.3, 0.4) is 0 Å². The molecule has 5 heteroatoms. The van der Waals surface area contributed by atoms with Crippen molar-refractivity contribution in [1.29, 1.82) is 0 Å². The number of amides is 2. The molecule has 35 heavy (non-hydrogen) atoms. The van der Waals surface area contributed by atoms with Crippen molar-refractivity contribution >= 4 is 27.7 Å². The summed E-state index contributed by atoms with van der Waals surface area (Å²) in [6.07, 6.45) is 5.05. The predicted molar refractivity (Wildman–Crippen MR) is 144 cm³/mol. The normalized spacial score (nSPS) is 14.5. The van der Waals surface area contributed by atoms with Crippen LogP contribution in [0.25, 0.3) is 0 Å². The maximum Gasteiger partial charge on any atom is 0.243 e. The number of benzene rings is 3. The minimum Gasteiger partial charge on any atom is -0.352 e. The van der Waals surface area contributed by atoms with Gasteiger partial charge in [-0.25, -0.2) is 0 Å². The number of nitrogens with one attached hydrogen (secondary N) is 1. The fourth-order valence-electron chi connectivity index (χ4n) is 4.81. The number of aryl methyl sites for hydroxylation is 1. The lowest BCUT2D eigenvalue weighted by Gasteiger charge is -2.32. The molecule has 0 spiro atoms. The number of nitrogens with zero attached hydrogens (tertiary/aromatic N) is 1.